The fourth-order valence-electron chi connectivity index (χ4n) is 5.03. The molecule has 0 amide bonds. The second-order valence-electron chi connectivity index (χ2n) is 9.30. The first-order valence-corrected chi connectivity index (χ1v) is 13.4. The van der Waals surface area contributed by atoms with E-state index in [1.165, 1.54) is 27.0 Å². The van der Waals surface area contributed by atoms with E-state index in [1.54, 1.807) is 7.11 Å². The van der Waals surface area contributed by atoms with Crippen LogP contribution in [0.1, 0.15) is 25.0 Å². The first kappa shape index (κ1) is 24.5. The van der Waals surface area contributed by atoms with Crippen LogP contribution in [0, 0.1) is 0 Å². The minimum atomic E-state index is -1.96. The molecule has 4 aromatic rings. The van der Waals surface area contributed by atoms with Crippen molar-refractivity contribution in [3.8, 4) is 11.5 Å². The van der Waals surface area contributed by atoms with Crippen molar-refractivity contribution < 1.29 is 26.5 Å². The van der Waals surface area contributed by atoms with Gasteiger partial charge in [0.2, 0.25) is 0 Å². The number of methoxy groups -OCH3 is 1. The van der Waals surface area contributed by atoms with Crippen molar-refractivity contribution in [1.29, 1.82) is 0 Å². The summed E-state index contributed by atoms with van der Waals surface area (Å²) in [5.74, 6) is 1.73. The Labute approximate surface area is 214 Å². The summed E-state index contributed by atoms with van der Waals surface area (Å²) < 4.78 is 12.0. The fraction of sp³-hybridized carbons (Fsp3) is 0.200. The van der Waals surface area contributed by atoms with Gasteiger partial charge in [0.05, 0.1) is 13.3 Å². The maximum atomic E-state index is 6.24. The van der Waals surface area contributed by atoms with E-state index >= 15 is 0 Å². The van der Waals surface area contributed by atoms with Gasteiger partial charge in [0.15, 0.2) is 11.5 Å². The average molecular weight is 533 g/mol. The van der Waals surface area contributed by atoms with Gasteiger partial charge >= 0.3 is 0 Å². The standard InChI is InChI=1S/C30H30O2P.BrH/c1-30(2)21-24-19-23(20-28(31-3)29(24)32-30)22-33(25-13-7-4-8-14-25,26-15-9-5-10-16-26)27-17-11-6-12-18-27;/h4-20H,21-22H2,1-3H3;1H/q+1;/p-1. The highest BCUT2D eigenvalue weighted by Crippen LogP contribution is 2.59. The Morgan fingerprint density at radius 1 is 0.765 bits per heavy atom. The van der Waals surface area contributed by atoms with Crippen molar-refractivity contribution in [3.63, 3.8) is 0 Å². The third-order valence-corrected chi connectivity index (χ3v) is 10.8. The Balaban J connectivity index is 0.00000274. The fourth-order valence-corrected chi connectivity index (χ4v) is 9.24. The van der Waals surface area contributed by atoms with Crippen molar-refractivity contribution >= 4 is 23.2 Å². The number of benzene rings is 4. The summed E-state index contributed by atoms with van der Waals surface area (Å²) in [6.07, 6.45) is 1.81. The molecule has 0 saturated carbocycles. The molecule has 5 rings (SSSR count). The summed E-state index contributed by atoms with van der Waals surface area (Å²) in [6.45, 7) is 4.28. The molecule has 1 heterocycles. The lowest BCUT2D eigenvalue weighted by molar-refractivity contribution is -0.00000972. The zero-order valence-corrected chi connectivity index (χ0v) is 22.4. The molecule has 174 valence electrons. The molecule has 0 spiro atoms. The third-order valence-electron chi connectivity index (χ3n) is 6.42. The smallest absolute Gasteiger partial charge is 0.165 e. The molecule has 0 radical (unpaired) electrons. The van der Waals surface area contributed by atoms with Gasteiger partial charge < -0.3 is 26.5 Å². The van der Waals surface area contributed by atoms with Crippen molar-refractivity contribution in [1.82, 2.24) is 0 Å². The molecule has 0 N–H and O–H groups in total. The lowest BCUT2D eigenvalue weighted by Gasteiger charge is -2.28. The van der Waals surface area contributed by atoms with Crippen LogP contribution in [0.4, 0.5) is 0 Å². The normalized spacial score (nSPS) is 14.0. The molecule has 0 unspecified atom stereocenters. The second-order valence-corrected chi connectivity index (χ2v) is 12.8. The Kier molecular flexibility index (Phi) is 7.17. The van der Waals surface area contributed by atoms with Crippen molar-refractivity contribution in [2.75, 3.05) is 7.11 Å². The van der Waals surface area contributed by atoms with Gasteiger partial charge in [-0.05, 0) is 67.9 Å². The van der Waals surface area contributed by atoms with Crippen molar-refractivity contribution in [2.24, 2.45) is 0 Å². The van der Waals surface area contributed by atoms with Crippen LogP contribution in [0.25, 0.3) is 0 Å². The lowest BCUT2D eigenvalue weighted by Crippen LogP contribution is -3.00. The van der Waals surface area contributed by atoms with Crippen LogP contribution in [0.15, 0.2) is 103 Å². The highest BCUT2D eigenvalue weighted by molar-refractivity contribution is 7.95. The van der Waals surface area contributed by atoms with Crippen LogP contribution < -0.4 is 42.4 Å². The maximum Gasteiger partial charge on any atom is 0.165 e. The molecule has 1 aliphatic rings. The Morgan fingerprint density at radius 3 is 1.68 bits per heavy atom. The molecule has 0 fully saturated rings. The monoisotopic (exact) mass is 532 g/mol. The molecule has 4 aromatic carbocycles. The summed E-state index contributed by atoms with van der Waals surface area (Å²) in [7, 11) is -0.221. The van der Waals surface area contributed by atoms with Crippen LogP contribution in [0.3, 0.4) is 0 Å². The van der Waals surface area contributed by atoms with E-state index in [0.29, 0.717) is 0 Å². The van der Waals surface area contributed by atoms with E-state index in [4.69, 9.17) is 9.47 Å². The zero-order chi connectivity index (χ0) is 22.9. The van der Waals surface area contributed by atoms with Crippen LogP contribution in [-0.4, -0.2) is 12.7 Å². The largest absolute Gasteiger partial charge is 1.00 e. The molecule has 0 aliphatic carbocycles. The molecule has 0 aromatic heterocycles. The SMILES string of the molecule is COc1cc(C[P+](c2ccccc2)(c2ccccc2)c2ccccc2)cc2c1OC(C)(C)C2.[Br-]. The molecular formula is C30H30BrO2P. The van der Waals surface area contributed by atoms with E-state index in [9.17, 15) is 0 Å². The number of rotatable bonds is 6. The van der Waals surface area contributed by atoms with Crippen LogP contribution in [0.2, 0.25) is 0 Å². The van der Waals surface area contributed by atoms with Gasteiger partial charge in [0.1, 0.15) is 28.8 Å². The number of hydrogen-bond donors (Lipinski definition) is 0. The Hall–Kier alpha value is -2.61. The van der Waals surface area contributed by atoms with Crippen molar-refractivity contribution in [3.05, 3.63) is 114 Å². The van der Waals surface area contributed by atoms with Gasteiger partial charge in [-0.15, -0.1) is 0 Å². The van der Waals surface area contributed by atoms with E-state index in [-0.39, 0.29) is 22.6 Å². The maximum absolute atomic E-state index is 6.24. The Morgan fingerprint density at radius 2 is 1.24 bits per heavy atom. The van der Waals surface area contributed by atoms with E-state index in [2.05, 4.69) is 117 Å². The van der Waals surface area contributed by atoms with Crippen LogP contribution in [0.5, 0.6) is 11.5 Å². The number of halogens is 1. The van der Waals surface area contributed by atoms with Crippen molar-refractivity contribution in [2.45, 2.75) is 32.0 Å². The third kappa shape index (κ3) is 4.52. The molecule has 2 nitrogen and oxygen atoms in total. The molecular weight excluding hydrogens is 503 g/mol. The summed E-state index contributed by atoms with van der Waals surface area (Å²) in [6, 6.07) is 37.6. The van der Waals surface area contributed by atoms with Gasteiger partial charge in [0.25, 0.3) is 0 Å². The van der Waals surface area contributed by atoms with Gasteiger partial charge in [-0.2, -0.15) is 0 Å². The van der Waals surface area contributed by atoms with Gasteiger partial charge in [0, 0.05) is 12.0 Å². The van der Waals surface area contributed by atoms with Gasteiger partial charge in [-0.3, -0.25) is 0 Å². The average Bonchev–Trinajstić information content (AvgIpc) is 3.17. The number of ether oxygens (including phenoxy) is 2. The van der Waals surface area contributed by atoms with Crippen LogP contribution in [-0.2, 0) is 12.6 Å². The molecule has 0 bridgehead atoms. The zero-order valence-electron chi connectivity index (χ0n) is 19.9. The minimum Gasteiger partial charge on any atom is -1.00 e. The number of fused-ring (bicyclic) bond motifs is 1. The molecule has 34 heavy (non-hydrogen) atoms. The second kappa shape index (κ2) is 9.94. The summed E-state index contributed by atoms with van der Waals surface area (Å²) in [5.41, 5.74) is 2.32. The number of hydrogen-bond acceptors (Lipinski definition) is 2. The molecule has 0 atom stereocenters. The predicted octanol–water partition coefficient (Wildman–Crippen LogP) is 2.91. The van der Waals surface area contributed by atoms with Crippen LogP contribution >= 0.6 is 7.26 Å². The first-order chi connectivity index (χ1) is 16.0. The van der Waals surface area contributed by atoms with E-state index in [1.807, 2.05) is 0 Å². The minimum absolute atomic E-state index is 0. The first-order valence-electron chi connectivity index (χ1n) is 11.5. The quantitative estimate of drug-likeness (QED) is 0.355. The predicted molar refractivity (Wildman–Crippen MR) is 140 cm³/mol. The van der Waals surface area contributed by atoms with E-state index < -0.39 is 7.26 Å². The molecule has 1 aliphatic heterocycles. The summed E-state index contributed by atoms with van der Waals surface area (Å²) >= 11 is 0. The van der Waals surface area contributed by atoms with E-state index in [0.717, 1.165) is 24.1 Å². The topological polar surface area (TPSA) is 18.5 Å². The molecule has 4 heteroatoms. The summed E-state index contributed by atoms with van der Waals surface area (Å²) in [5, 5.41) is 4.16. The lowest BCUT2D eigenvalue weighted by atomic mass is 10.0. The highest BCUT2D eigenvalue weighted by Gasteiger charge is 2.46. The summed E-state index contributed by atoms with van der Waals surface area (Å²) in [4.78, 5) is 0. The van der Waals surface area contributed by atoms with Gasteiger partial charge in [-0.25, -0.2) is 0 Å². The molecule has 0 saturated heterocycles. The highest BCUT2D eigenvalue weighted by atomic mass is 79.9. The Bertz CT molecular complexity index is 1140. The van der Waals surface area contributed by atoms with Gasteiger partial charge in [-0.1, -0.05) is 54.6 Å².